The molecule has 7 heteroatoms. The summed E-state index contributed by atoms with van der Waals surface area (Å²) in [6.45, 7) is 0. The van der Waals surface area contributed by atoms with Crippen LogP contribution in [0.2, 0.25) is 10.0 Å². The molecular weight excluding hydrogens is 335 g/mol. The molecule has 0 spiro atoms. The van der Waals surface area contributed by atoms with Crippen LogP contribution < -0.4 is 5.32 Å². The summed E-state index contributed by atoms with van der Waals surface area (Å²) in [5.41, 5.74) is 2.22. The smallest absolute Gasteiger partial charge is 0.249 e. The van der Waals surface area contributed by atoms with E-state index in [0.717, 1.165) is 24.1 Å². The van der Waals surface area contributed by atoms with Crippen molar-refractivity contribution >= 4 is 40.7 Å². The number of anilines is 1. The molecule has 2 aromatic heterocycles. The van der Waals surface area contributed by atoms with Gasteiger partial charge in [0.1, 0.15) is 0 Å². The Hall–Kier alpha value is -2.11. The molecule has 5 nitrogen and oxygen atoms in total. The molecule has 1 aliphatic carbocycles. The van der Waals surface area contributed by atoms with Gasteiger partial charge in [-0.05, 0) is 43.2 Å². The second-order valence-electron chi connectivity index (χ2n) is 5.50. The first-order valence-corrected chi connectivity index (χ1v) is 7.99. The Bertz CT molecular complexity index is 918. The van der Waals surface area contributed by atoms with E-state index in [0.29, 0.717) is 21.6 Å². The monoisotopic (exact) mass is 346 g/mol. The second-order valence-corrected chi connectivity index (χ2v) is 6.35. The van der Waals surface area contributed by atoms with E-state index < -0.39 is 0 Å². The Balaban J connectivity index is 1.77. The molecule has 4 rings (SSSR count). The fourth-order valence-electron chi connectivity index (χ4n) is 2.42. The number of pyridine rings is 1. The highest BCUT2D eigenvalue weighted by Gasteiger charge is 2.30. The normalized spacial score (nSPS) is 14.2. The molecule has 1 amide bonds. The molecule has 1 saturated carbocycles. The number of carbonyl (C=O) groups excluding carboxylic acids is 1. The molecule has 3 aromatic rings. The van der Waals surface area contributed by atoms with Gasteiger partial charge in [-0.3, -0.25) is 10.1 Å². The highest BCUT2D eigenvalue weighted by atomic mass is 35.5. The lowest BCUT2D eigenvalue weighted by molar-refractivity contribution is -0.117. The molecule has 0 bridgehead atoms. The number of hydrogen-bond acceptors (Lipinski definition) is 3. The average molecular weight is 347 g/mol. The Morgan fingerprint density at radius 1 is 1.22 bits per heavy atom. The molecule has 1 aromatic carbocycles. The molecule has 0 atom stereocenters. The number of amides is 1. The number of aromatic nitrogens is 3. The lowest BCUT2D eigenvalue weighted by Crippen LogP contribution is -2.14. The molecule has 1 N–H and O–H groups in total. The molecular formula is C16H12Cl2N4O. The van der Waals surface area contributed by atoms with Crippen LogP contribution in [0.25, 0.3) is 16.9 Å². The maximum atomic E-state index is 11.9. The van der Waals surface area contributed by atoms with Crippen molar-refractivity contribution in [1.82, 2.24) is 14.6 Å². The summed E-state index contributed by atoms with van der Waals surface area (Å²) in [6, 6.07) is 10.9. The molecule has 116 valence electrons. The zero-order valence-electron chi connectivity index (χ0n) is 12.0. The molecule has 23 heavy (non-hydrogen) atoms. The van der Waals surface area contributed by atoms with Crippen molar-refractivity contribution in [1.29, 1.82) is 0 Å². The molecule has 1 fully saturated rings. The lowest BCUT2D eigenvalue weighted by Gasteiger charge is -2.06. The molecule has 1 aliphatic rings. The van der Waals surface area contributed by atoms with Crippen molar-refractivity contribution in [2.75, 3.05) is 5.32 Å². The topological polar surface area (TPSA) is 59.3 Å². The summed E-state index contributed by atoms with van der Waals surface area (Å²) in [7, 11) is 0. The first-order valence-electron chi connectivity index (χ1n) is 7.24. The first kappa shape index (κ1) is 14.5. The Kier molecular flexibility index (Phi) is 3.47. The number of carbonyl (C=O) groups is 1. The Morgan fingerprint density at radius 3 is 2.78 bits per heavy atom. The van der Waals surface area contributed by atoms with Crippen LogP contribution in [-0.2, 0) is 4.79 Å². The number of halogens is 2. The van der Waals surface area contributed by atoms with Gasteiger partial charge < -0.3 is 0 Å². The summed E-state index contributed by atoms with van der Waals surface area (Å²) in [4.78, 5) is 16.2. The van der Waals surface area contributed by atoms with Crippen molar-refractivity contribution in [3.05, 3.63) is 46.4 Å². The van der Waals surface area contributed by atoms with Crippen molar-refractivity contribution < 1.29 is 4.79 Å². The molecule has 0 saturated heterocycles. The second kappa shape index (κ2) is 5.51. The minimum atomic E-state index is -0.0213. The summed E-state index contributed by atoms with van der Waals surface area (Å²) in [5.74, 6) is 0.387. The van der Waals surface area contributed by atoms with Crippen LogP contribution in [0.3, 0.4) is 0 Å². The highest BCUT2D eigenvalue weighted by molar-refractivity contribution is 6.36. The van der Waals surface area contributed by atoms with Crippen LogP contribution in [-0.4, -0.2) is 20.5 Å². The van der Waals surface area contributed by atoms with E-state index in [-0.39, 0.29) is 11.8 Å². The van der Waals surface area contributed by atoms with Gasteiger partial charge in [-0.15, -0.1) is 5.10 Å². The van der Waals surface area contributed by atoms with Crippen LogP contribution in [0.4, 0.5) is 5.95 Å². The highest BCUT2D eigenvalue weighted by Crippen LogP contribution is 2.31. The van der Waals surface area contributed by atoms with Crippen LogP contribution in [0.5, 0.6) is 0 Å². The van der Waals surface area contributed by atoms with E-state index in [2.05, 4.69) is 15.4 Å². The third kappa shape index (κ3) is 2.78. The van der Waals surface area contributed by atoms with Gasteiger partial charge in [-0.25, -0.2) is 4.52 Å². The Morgan fingerprint density at radius 2 is 2.04 bits per heavy atom. The van der Waals surface area contributed by atoms with E-state index in [9.17, 15) is 4.79 Å². The van der Waals surface area contributed by atoms with E-state index >= 15 is 0 Å². The van der Waals surface area contributed by atoms with Crippen molar-refractivity contribution in [3.63, 3.8) is 0 Å². The summed E-state index contributed by atoms with van der Waals surface area (Å²) in [6.07, 6.45) is 1.87. The SMILES string of the molecule is O=C(Nc1nc2cccc(-c3ccc(Cl)cc3Cl)n2n1)C1CC1. The van der Waals surface area contributed by atoms with Crippen LogP contribution in [0.15, 0.2) is 36.4 Å². The number of nitrogens with one attached hydrogen (secondary N) is 1. The quantitative estimate of drug-likeness (QED) is 0.778. The third-order valence-electron chi connectivity index (χ3n) is 3.75. The molecule has 2 heterocycles. The minimum absolute atomic E-state index is 0.0213. The number of hydrogen-bond donors (Lipinski definition) is 1. The van der Waals surface area contributed by atoms with Gasteiger partial charge in [0.05, 0.1) is 10.7 Å². The van der Waals surface area contributed by atoms with Gasteiger partial charge in [0, 0.05) is 16.5 Å². The molecule has 0 radical (unpaired) electrons. The average Bonchev–Trinajstić information content (AvgIpc) is 3.28. The van der Waals surface area contributed by atoms with Crippen LogP contribution in [0, 0.1) is 5.92 Å². The summed E-state index contributed by atoms with van der Waals surface area (Å²) >= 11 is 12.2. The van der Waals surface area contributed by atoms with Crippen LogP contribution >= 0.6 is 23.2 Å². The van der Waals surface area contributed by atoms with E-state index in [1.54, 1.807) is 16.6 Å². The van der Waals surface area contributed by atoms with Gasteiger partial charge in [0.25, 0.3) is 0 Å². The van der Waals surface area contributed by atoms with Gasteiger partial charge in [-0.2, -0.15) is 4.98 Å². The molecule has 0 aliphatic heterocycles. The Labute approximate surface area is 142 Å². The van der Waals surface area contributed by atoms with Gasteiger partial charge >= 0.3 is 0 Å². The maximum Gasteiger partial charge on any atom is 0.249 e. The predicted octanol–water partition coefficient (Wildman–Crippen LogP) is 4.05. The van der Waals surface area contributed by atoms with Crippen LogP contribution in [0.1, 0.15) is 12.8 Å². The van der Waals surface area contributed by atoms with Crippen molar-refractivity contribution in [2.24, 2.45) is 5.92 Å². The minimum Gasteiger partial charge on any atom is -0.293 e. The summed E-state index contributed by atoms with van der Waals surface area (Å²) in [5, 5.41) is 8.25. The number of nitrogens with zero attached hydrogens (tertiary/aromatic N) is 3. The van der Waals surface area contributed by atoms with Gasteiger partial charge in [-0.1, -0.05) is 29.3 Å². The fourth-order valence-corrected chi connectivity index (χ4v) is 2.92. The number of benzene rings is 1. The molecule has 0 unspecified atom stereocenters. The number of fused-ring (bicyclic) bond motifs is 1. The lowest BCUT2D eigenvalue weighted by atomic mass is 10.1. The zero-order valence-corrected chi connectivity index (χ0v) is 13.5. The van der Waals surface area contributed by atoms with Crippen molar-refractivity contribution in [2.45, 2.75) is 12.8 Å². The van der Waals surface area contributed by atoms with Crippen molar-refractivity contribution in [3.8, 4) is 11.3 Å². The summed E-state index contributed by atoms with van der Waals surface area (Å²) < 4.78 is 1.66. The predicted molar refractivity (Wildman–Crippen MR) is 89.8 cm³/mol. The largest absolute Gasteiger partial charge is 0.293 e. The standard InChI is InChI=1S/C16H12Cl2N4O/c17-10-6-7-11(12(18)8-10)13-2-1-3-14-19-16(21-22(13)14)20-15(23)9-4-5-9/h1-3,6-9H,4-5H2,(H,20,21,23). The third-order valence-corrected chi connectivity index (χ3v) is 4.30. The zero-order chi connectivity index (χ0) is 16.0. The van der Waals surface area contributed by atoms with Gasteiger partial charge in [0.15, 0.2) is 5.65 Å². The maximum absolute atomic E-state index is 11.9. The van der Waals surface area contributed by atoms with E-state index in [4.69, 9.17) is 23.2 Å². The first-order chi connectivity index (χ1) is 11.1. The number of rotatable bonds is 3. The van der Waals surface area contributed by atoms with Gasteiger partial charge in [0.2, 0.25) is 11.9 Å². The van der Waals surface area contributed by atoms with E-state index in [1.807, 2.05) is 24.3 Å². The fraction of sp³-hybridized carbons (Fsp3) is 0.188. The van der Waals surface area contributed by atoms with E-state index in [1.165, 1.54) is 0 Å².